The second kappa shape index (κ2) is 4.96. The SMILES string of the molecule is CCCN(C)c1cccc(F)c1CN. The minimum Gasteiger partial charge on any atom is -0.374 e. The zero-order valence-electron chi connectivity index (χ0n) is 8.76. The molecule has 0 atom stereocenters. The first kappa shape index (κ1) is 11.0. The van der Waals surface area contributed by atoms with Crippen LogP contribution in [0.3, 0.4) is 0 Å². The summed E-state index contributed by atoms with van der Waals surface area (Å²) in [6, 6.07) is 5.07. The highest BCUT2D eigenvalue weighted by Gasteiger charge is 2.09. The van der Waals surface area contributed by atoms with Gasteiger partial charge in [-0.2, -0.15) is 0 Å². The van der Waals surface area contributed by atoms with E-state index in [4.69, 9.17) is 5.73 Å². The molecular weight excluding hydrogens is 179 g/mol. The van der Waals surface area contributed by atoms with Gasteiger partial charge in [0.05, 0.1) is 0 Å². The Kier molecular flexibility index (Phi) is 3.89. The molecule has 0 spiro atoms. The van der Waals surface area contributed by atoms with Crippen LogP contribution in [-0.2, 0) is 6.54 Å². The number of halogens is 1. The van der Waals surface area contributed by atoms with Crippen LogP contribution >= 0.6 is 0 Å². The molecule has 0 saturated heterocycles. The van der Waals surface area contributed by atoms with Crippen LogP contribution < -0.4 is 10.6 Å². The molecule has 0 bridgehead atoms. The minimum atomic E-state index is -0.215. The van der Waals surface area contributed by atoms with Crippen LogP contribution in [0.5, 0.6) is 0 Å². The normalized spacial score (nSPS) is 10.3. The van der Waals surface area contributed by atoms with E-state index < -0.39 is 0 Å². The Morgan fingerprint density at radius 1 is 1.43 bits per heavy atom. The van der Waals surface area contributed by atoms with Crippen LogP contribution in [0.15, 0.2) is 18.2 Å². The summed E-state index contributed by atoms with van der Waals surface area (Å²) in [5.74, 6) is -0.215. The van der Waals surface area contributed by atoms with E-state index in [1.165, 1.54) is 6.07 Å². The molecule has 1 aromatic rings. The summed E-state index contributed by atoms with van der Waals surface area (Å²) in [6.07, 6.45) is 1.04. The topological polar surface area (TPSA) is 29.3 Å². The standard InChI is InChI=1S/C11H17FN2/c1-3-7-14(2)11-6-4-5-10(12)9(11)8-13/h4-6H,3,7-8,13H2,1-2H3. The zero-order chi connectivity index (χ0) is 10.6. The predicted molar refractivity (Wildman–Crippen MR) is 57.9 cm³/mol. The van der Waals surface area contributed by atoms with Crippen LogP contribution in [0, 0.1) is 5.82 Å². The van der Waals surface area contributed by atoms with Crippen molar-refractivity contribution in [3.8, 4) is 0 Å². The third-order valence-corrected chi connectivity index (χ3v) is 2.27. The fourth-order valence-electron chi connectivity index (χ4n) is 1.56. The minimum absolute atomic E-state index is 0.215. The summed E-state index contributed by atoms with van der Waals surface area (Å²) >= 11 is 0. The number of hydrogen-bond donors (Lipinski definition) is 1. The van der Waals surface area contributed by atoms with E-state index >= 15 is 0 Å². The number of anilines is 1. The number of rotatable bonds is 4. The Bertz CT molecular complexity index is 299. The molecule has 2 N–H and O–H groups in total. The smallest absolute Gasteiger partial charge is 0.129 e. The van der Waals surface area contributed by atoms with Gasteiger partial charge in [0.15, 0.2) is 0 Å². The summed E-state index contributed by atoms with van der Waals surface area (Å²) in [5.41, 5.74) is 7.02. The van der Waals surface area contributed by atoms with Gasteiger partial charge < -0.3 is 10.6 Å². The molecule has 0 heterocycles. The zero-order valence-corrected chi connectivity index (χ0v) is 8.76. The van der Waals surface area contributed by atoms with Crippen LogP contribution in [0.4, 0.5) is 10.1 Å². The fourth-order valence-corrected chi connectivity index (χ4v) is 1.56. The van der Waals surface area contributed by atoms with E-state index in [1.807, 2.05) is 18.0 Å². The van der Waals surface area contributed by atoms with Crippen LogP contribution in [0.25, 0.3) is 0 Å². The fraction of sp³-hybridized carbons (Fsp3) is 0.455. The van der Waals surface area contributed by atoms with Gasteiger partial charge in [-0.1, -0.05) is 13.0 Å². The summed E-state index contributed by atoms with van der Waals surface area (Å²) in [4.78, 5) is 2.03. The molecule has 0 fully saturated rings. The molecule has 0 aliphatic rings. The molecule has 0 saturated carbocycles. The van der Waals surface area contributed by atoms with Crippen molar-refractivity contribution in [1.29, 1.82) is 0 Å². The first-order valence-corrected chi connectivity index (χ1v) is 4.89. The van der Waals surface area contributed by atoms with E-state index in [9.17, 15) is 4.39 Å². The van der Waals surface area contributed by atoms with Crippen molar-refractivity contribution in [3.63, 3.8) is 0 Å². The summed E-state index contributed by atoms with van der Waals surface area (Å²) in [7, 11) is 1.96. The van der Waals surface area contributed by atoms with Crippen LogP contribution in [0.1, 0.15) is 18.9 Å². The van der Waals surface area contributed by atoms with Crippen molar-refractivity contribution in [2.24, 2.45) is 5.73 Å². The van der Waals surface area contributed by atoms with Crippen molar-refractivity contribution in [2.45, 2.75) is 19.9 Å². The average molecular weight is 196 g/mol. The maximum absolute atomic E-state index is 13.3. The van der Waals surface area contributed by atoms with Gasteiger partial charge in [-0.05, 0) is 18.6 Å². The van der Waals surface area contributed by atoms with E-state index in [2.05, 4.69) is 6.92 Å². The summed E-state index contributed by atoms with van der Waals surface area (Å²) < 4.78 is 13.3. The Morgan fingerprint density at radius 3 is 2.71 bits per heavy atom. The molecule has 0 amide bonds. The van der Waals surface area contributed by atoms with Crippen molar-refractivity contribution < 1.29 is 4.39 Å². The molecule has 2 nitrogen and oxygen atoms in total. The van der Waals surface area contributed by atoms with E-state index in [0.717, 1.165) is 18.7 Å². The second-order valence-corrected chi connectivity index (χ2v) is 3.36. The molecule has 0 unspecified atom stereocenters. The van der Waals surface area contributed by atoms with Crippen molar-refractivity contribution in [2.75, 3.05) is 18.5 Å². The highest BCUT2D eigenvalue weighted by Crippen LogP contribution is 2.21. The third kappa shape index (κ3) is 2.23. The Hall–Kier alpha value is -1.09. The third-order valence-electron chi connectivity index (χ3n) is 2.27. The molecule has 1 aromatic carbocycles. The van der Waals surface area contributed by atoms with Gasteiger partial charge in [0, 0.05) is 31.4 Å². The van der Waals surface area contributed by atoms with Gasteiger partial charge in [0.1, 0.15) is 5.82 Å². The van der Waals surface area contributed by atoms with E-state index in [0.29, 0.717) is 5.56 Å². The maximum Gasteiger partial charge on any atom is 0.129 e. The lowest BCUT2D eigenvalue weighted by atomic mass is 10.1. The summed E-state index contributed by atoms with van der Waals surface area (Å²) in [6.45, 7) is 3.25. The van der Waals surface area contributed by atoms with Crippen molar-refractivity contribution in [1.82, 2.24) is 0 Å². The lowest BCUT2D eigenvalue weighted by Crippen LogP contribution is -2.20. The van der Waals surface area contributed by atoms with Crippen molar-refractivity contribution >= 4 is 5.69 Å². The van der Waals surface area contributed by atoms with Gasteiger partial charge in [0.25, 0.3) is 0 Å². The van der Waals surface area contributed by atoms with Crippen LogP contribution in [0.2, 0.25) is 0 Å². The van der Waals surface area contributed by atoms with Gasteiger partial charge in [0.2, 0.25) is 0 Å². The van der Waals surface area contributed by atoms with Crippen LogP contribution in [-0.4, -0.2) is 13.6 Å². The Labute approximate surface area is 84.5 Å². The number of nitrogens with two attached hydrogens (primary N) is 1. The highest BCUT2D eigenvalue weighted by molar-refractivity contribution is 5.53. The second-order valence-electron chi connectivity index (χ2n) is 3.36. The quantitative estimate of drug-likeness (QED) is 0.799. The molecule has 3 heteroatoms. The van der Waals surface area contributed by atoms with Gasteiger partial charge in [-0.15, -0.1) is 0 Å². The molecule has 1 rings (SSSR count). The molecule has 0 aliphatic carbocycles. The lowest BCUT2D eigenvalue weighted by molar-refractivity contribution is 0.609. The maximum atomic E-state index is 13.3. The molecule has 0 radical (unpaired) electrons. The average Bonchev–Trinajstić information content (AvgIpc) is 2.17. The molecule has 0 aromatic heterocycles. The molecular formula is C11H17FN2. The highest BCUT2D eigenvalue weighted by atomic mass is 19.1. The largest absolute Gasteiger partial charge is 0.374 e. The van der Waals surface area contributed by atoms with E-state index in [-0.39, 0.29) is 12.4 Å². The molecule has 14 heavy (non-hydrogen) atoms. The Morgan fingerprint density at radius 2 is 2.14 bits per heavy atom. The first-order valence-electron chi connectivity index (χ1n) is 4.89. The van der Waals surface area contributed by atoms with E-state index in [1.54, 1.807) is 6.07 Å². The van der Waals surface area contributed by atoms with Gasteiger partial charge in [-0.25, -0.2) is 4.39 Å². The lowest BCUT2D eigenvalue weighted by Gasteiger charge is -2.21. The summed E-state index contributed by atoms with van der Waals surface area (Å²) in [5, 5.41) is 0. The van der Waals surface area contributed by atoms with Crippen molar-refractivity contribution in [3.05, 3.63) is 29.6 Å². The first-order chi connectivity index (χ1) is 6.70. The Balaban J connectivity index is 3.00. The molecule has 78 valence electrons. The van der Waals surface area contributed by atoms with Gasteiger partial charge >= 0.3 is 0 Å². The predicted octanol–water partition coefficient (Wildman–Crippen LogP) is 2.13. The number of nitrogens with zero attached hydrogens (tertiary/aromatic N) is 1. The molecule has 0 aliphatic heterocycles. The monoisotopic (exact) mass is 196 g/mol. The van der Waals surface area contributed by atoms with Gasteiger partial charge in [-0.3, -0.25) is 0 Å². The number of hydrogen-bond acceptors (Lipinski definition) is 2. The number of benzene rings is 1.